The number of aliphatic carboxylic acids is 1. The van der Waals surface area contributed by atoms with E-state index in [9.17, 15) is 4.79 Å². The summed E-state index contributed by atoms with van der Waals surface area (Å²) in [7, 11) is 0. The Kier molecular flexibility index (Phi) is 2.10. The maximum atomic E-state index is 10.5. The molecule has 0 radical (unpaired) electrons. The van der Waals surface area contributed by atoms with Crippen LogP contribution >= 0.6 is 0 Å². The highest BCUT2D eigenvalue weighted by Crippen LogP contribution is 2.10. The standard InChI is InChI=1S/C10H7N3O2/c11-5-7-2-1-3-13-6-8(4-9(14)15)12-10(7)13/h1-3,6H,4H2,(H,14,15). The summed E-state index contributed by atoms with van der Waals surface area (Å²) in [6.07, 6.45) is 3.21. The summed E-state index contributed by atoms with van der Waals surface area (Å²) < 4.78 is 1.65. The SMILES string of the molecule is N#Cc1cccn2cc(CC(=O)O)nc12. The predicted molar refractivity (Wildman–Crippen MR) is 51.2 cm³/mol. The second-order valence-corrected chi connectivity index (χ2v) is 3.07. The normalized spacial score (nSPS) is 10.1. The van der Waals surface area contributed by atoms with Crippen LogP contribution in [0.2, 0.25) is 0 Å². The fourth-order valence-corrected chi connectivity index (χ4v) is 1.39. The lowest BCUT2D eigenvalue weighted by Crippen LogP contribution is -1.99. The van der Waals surface area contributed by atoms with E-state index in [0.717, 1.165) is 0 Å². The number of rotatable bonds is 2. The Morgan fingerprint density at radius 3 is 3.13 bits per heavy atom. The minimum atomic E-state index is -0.933. The van der Waals surface area contributed by atoms with E-state index in [1.807, 2.05) is 6.07 Å². The van der Waals surface area contributed by atoms with Crippen molar-refractivity contribution in [3.05, 3.63) is 35.8 Å². The van der Waals surface area contributed by atoms with Crippen LogP contribution in [0.25, 0.3) is 5.65 Å². The smallest absolute Gasteiger partial charge is 0.309 e. The molecule has 0 aliphatic carbocycles. The third-order valence-electron chi connectivity index (χ3n) is 1.99. The van der Waals surface area contributed by atoms with E-state index in [-0.39, 0.29) is 6.42 Å². The summed E-state index contributed by atoms with van der Waals surface area (Å²) >= 11 is 0. The number of aromatic nitrogens is 2. The van der Waals surface area contributed by atoms with E-state index in [0.29, 0.717) is 16.9 Å². The monoisotopic (exact) mass is 201 g/mol. The molecule has 5 nitrogen and oxygen atoms in total. The summed E-state index contributed by atoms with van der Waals surface area (Å²) in [5.74, 6) is -0.933. The average Bonchev–Trinajstić information content (AvgIpc) is 2.58. The maximum absolute atomic E-state index is 10.5. The largest absolute Gasteiger partial charge is 0.481 e. The van der Waals surface area contributed by atoms with E-state index in [4.69, 9.17) is 10.4 Å². The quantitative estimate of drug-likeness (QED) is 0.780. The van der Waals surface area contributed by atoms with Gasteiger partial charge in [0, 0.05) is 12.4 Å². The fraction of sp³-hybridized carbons (Fsp3) is 0.100. The molecule has 0 spiro atoms. The molecule has 2 heterocycles. The van der Waals surface area contributed by atoms with E-state index in [1.165, 1.54) is 0 Å². The van der Waals surface area contributed by atoms with Crippen LogP contribution in [0.3, 0.4) is 0 Å². The van der Waals surface area contributed by atoms with Crippen molar-refractivity contribution < 1.29 is 9.90 Å². The first-order chi connectivity index (χ1) is 7.20. The molecule has 0 unspecified atom stereocenters. The van der Waals surface area contributed by atoms with Gasteiger partial charge in [0.25, 0.3) is 0 Å². The molecule has 15 heavy (non-hydrogen) atoms. The minimum Gasteiger partial charge on any atom is -0.481 e. The van der Waals surface area contributed by atoms with E-state index in [2.05, 4.69) is 4.98 Å². The molecule has 5 heteroatoms. The molecule has 1 N–H and O–H groups in total. The van der Waals surface area contributed by atoms with Gasteiger partial charge in [-0.25, -0.2) is 4.98 Å². The molecule has 0 atom stereocenters. The van der Waals surface area contributed by atoms with Crippen LogP contribution in [-0.2, 0) is 11.2 Å². The minimum absolute atomic E-state index is 0.132. The van der Waals surface area contributed by atoms with E-state index in [1.54, 1.807) is 28.9 Å². The molecular weight excluding hydrogens is 194 g/mol. The number of carboxylic acids is 1. The molecule has 0 fully saturated rings. The number of nitriles is 1. The van der Waals surface area contributed by atoms with Gasteiger partial charge in [0.1, 0.15) is 6.07 Å². The highest BCUT2D eigenvalue weighted by molar-refractivity contribution is 5.70. The highest BCUT2D eigenvalue weighted by Gasteiger charge is 2.08. The van der Waals surface area contributed by atoms with E-state index >= 15 is 0 Å². The number of pyridine rings is 1. The van der Waals surface area contributed by atoms with Gasteiger partial charge >= 0.3 is 5.97 Å². The molecular formula is C10H7N3O2. The van der Waals surface area contributed by atoms with Gasteiger partial charge in [0.2, 0.25) is 0 Å². The summed E-state index contributed by atoms with van der Waals surface area (Å²) in [5, 5.41) is 17.4. The number of carbonyl (C=O) groups is 1. The Morgan fingerprint density at radius 1 is 1.67 bits per heavy atom. The average molecular weight is 201 g/mol. The molecule has 2 aromatic rings. The molecule has 2 aromatic heterocycles. The molecule has 0 bridgehead atoms. The fourth-order valence-electron chi connectivity index (χ4n) is 1.39. The van der Waals surface area contributed by atoms with Crippen molar-refractivity contribution in [1.29, 1.82) is 5.26 Å². The summed E-state index contributed by atoms with van der Waals surface area (Å²) in [4.78, 5) is 14.6. The molecule has 0 amide bonds. The van der Waals surface area contributed by atoms with Crippen LogP contribution in [-0.4, -0.2) is 20.5 Å². The number of hydrogen-bond donors (Lipinski definition) is 1. The van der Waals surface area contributed by atoms with Crippen LogP contribution in [0.1, 0.15) is 11.3 Å². The molecule has 74 valence electrons. The third-order valence-corrected chi connectivity index (χ3v) is 1.99. The first-order valence-electron chi connectivity index (χ1n) is 4.29. The van der Waals surface area contributed by atoms with Crippen LogP contribution in [0, 0.1) is 11.3 Å². The molecule has 0 aromatic carbocycles. The van der Waals surface area contributed by atoms with E-state index < -0.39 is 5.97 Å². The van der Waals surface area contributed by atoms with Gasteiger partial charge in [-0.2, -0.15) is 5.26 Å². The number of carboxylic acid groups (broad SMARTS) is 1. The van der Waals surface area contributed by atoms with Crippen molar-refractivity contribution in [3.8, 4) is 6.07 Å². The van der Waals surface area contributed by atoms with Gasteiger partial charge in [0.15, 0.2) is 5.65 Å². The topological polar surface area (TPSA) is 78.4 Å². The van der Waals surface area contributed by atoms with Gasteiger partial charge in [0.05, 0.1) is 17.7 Å². The van der Waals surface area contributed by atoms with Crippen molar-refractivity contribution >= 4 is 11.6 Å². The Labute approximate surface area is 85.2 Å². The van der Waals surface area contributed by atoms with Crippen LogP contribution in [0.4, 0.5) is 0 Å². The third kappa shape index (κ3) is 1.65. The Hall–Kier alpha value is -2.35. The lowest BCUT2D eigenvalue weighted by molar-refractivity contribution is -0.136. The van der Waals surface area contributed by atoms with Crippen molar-refractivity contribution in [2.75, 3.05) is 0 Å². The summed E-state index contributed by atoms with van der Waals surface area (Å²) in [6, 6.07) is 5.37. The molecule has 2 rings (SSSR count). The Morgan fingerprint density at radius 2 is 2.47 bits per heavy atom. The van der Waals surface area contributed by atoms with Crippen LogP contribution < -0.4 is 0 Å². The predicted octanol–water partition coefficient (Wildman–Crippen LogP) is 0.833. The first kappa shape index (κ1) is 9.21. The Bertz CT molecular complexity index is 566. The number of imidazole rings is 1. The van der Waals surface area contributed by atoms with Gasteiger partial charge < -0.3 is 9.51 Å². The van der Waals surface area contributed by atoms with Crippen molar-refractivity contribution in [1.82, 2.24) is 9.38 Å². The second kappa shape index (κ2) is 3.42. The maximum Gasteiger partial charge on any atom is 0.309 e. The van der Waals surface area contributed by atoms with Gasteiger partial charge in [-0.1, -0.05) is 0 Å². The summed E-state index contributed by atoms with van der Waals surface area (Å²) in [5.41, 5.74) is 1.38. The highest BCUT2D eigenvalue weighted by atomic mass is 16.4. The van der Waals surface area contributed by atoms with Crippen molar-refractivity contribution in [2.24, 2.45) is 0 Å². The van der Waals surface area contributed by atoms with Crippen LogP contribution in [0.5, 0.6) is 0 Å². The second-order valence-electron chi connectivity index (χ2n) is 3.07. The number of fused-ring (bicyclic) bond motifs is 1. The zero-order chi connectivity index (χ0) is 10.8. The molecule has 0 aliphatic rings. The zero-order valence-electron chi connectivity index (χ0n) is 7.71. The Balaban J connectivity index is 2.56. The lowest BCUT2D eigenvalue weighted by atomic mass is 10.3. The first-order valence-corrected chi connectivity index (χ1v) is 4.29. The number of hydrogen-bond acceptors (Lipinski definition) is 3. The summed E-state index contributed by atoms with van der Waals surface area (Å²) in [6.45, 7) is 0. The molecule has 0 aliphatic heterocycles. The van der Waals surface area contributed by atoms with Crippen LogP contribution in [0.15, 0.2) is 24.5 Å². The van der Waals surface area contributed by atoms with Crippen molar-refractivity contribution in [3.63, 3.8) is 0 Å². The van der Waals surface area contributed by atoms with Gasteiger partial charge in [-0.3, -0.25) is 4.79 Å². The lowest BCUT2D eigenvalue weighted by Gasteiger charge is -1.91. The van der Waals surface area contributed by atoms with Gasteiger partial charge in [-0.05, 0) is 12.1 Å². The molecule has 0 saturated heterocycles. The molecule has 0 saturated carbocycles. The van der Waals surface area contributed by atoms with Gasteiger partial charge in [-0.15, -0.1) is 0 Å². The van der Waals surface area contributed by atoms with Crippen molar-refractivity contribution in [2.45, 2.75) is 6.42 Å². The number of nitrogens with zero attached hydrogens (tertiary/aromatic N) is 3. The zero-order valence-corrected chi connectivity index (χ0v) is 7.71.